The van der Waals surface area contributed by atoms with E-state index in [0.29, 0.717) is 6.54 Å². The van der Waals surface area contributed by atoms with Gasteiger partial charge in [-0.25, -0.2) is 0 Å². The molecule has 0 aromatic heterocycles. The van der Waals surface area contributed by atoms with Crippen molar-refractivity contribution in [2.75, 3.05) is 45.7 Å². The molecule has 0 bridgehead atoms. The summed E-state index contributed by atoms with van der Waals surface area (Å²) in [5.74, 6) is 1.74. The predicted molar refractivity (Wildman–Crippen MR) is 55.3 cm³/mol. The van der Waals surface area contributed by atoms with Gasteiger partial charge in [0.25, 0.3) is 0 Å². The average molecular weight is 193 g/mol. The van der Waals surface area contributed by atoms with E-state index < -0.39 is 0 Å². The number of nitrogens with zero attached hydrogens (tertiary/aromatic N) is 1. The summed E-state index contributed by atoms with van der Waals surface area (Å²) in [6, 6.07) is 0. The SMILES string of the molecule is C[N+](C)(C)C[C@H](O)CSCCN. The lowest BCUT2D eigenvalue weighted by Gasteiger charge is -2.26. The van der Waals surface area contributed by atoms with E-state index in [9.17, 15) is 5.11 Å². The molecule has 1 atom stereocenters. The molecule has 0 aromatic rings. The maximum absolute atomic E-state index is 9.53. The molecule has 0 unspecified atom stereocenters. The molecule has 0 aliphatic heterocycles. The molecule has 3 N–H and O–H groups in total. The first-order chi connectivity index (χ1) is 5.45. The van der Waals surface area contributed by atoms with E-state index in [4.69, 9.17) is 5.73 Å². The van der Waals surface area contributed by atoms with Crippen molar-refractivity contribution in [2.24, 2.45) is 5.73 Å². The standard InChI is InChI=1S/C8H21N2OS/c1-10(2,3)6-8(11)7-12-5-4-9/h8,11H,4-7,9H2,1-3H3/q+1/t8-/m0/s1. The highest BCUT2D eigenvalue weighted by Crippen LogP contribution is 2.04. The molecule has 0 rings (SSSR count). The Labute approximate surface area is 79.5 Å². The summed E-state index contributed by atoms with van der Waals surface area (Å²) in [7, 11) is 6.24. The summed E-state index contributed by atoms with van der Waals surface area (Å²) in [6.45, 7) is 1.50. The number of rotatable bonds is 6. The van der Waals surface area contributed by atoms with Gasteiger partial charge in [0.1, 0.15) is 12.6 Å². The molecule has 0 saturated heterocycles. The van der Waals surface area contributed by atoms with Gasteiger partial charge in [0.05, 0.1) is 21.1 Å². The smallest absolute Gasteiger partial charge is 0.112 e. The van der Waals surface area contributed by atoms with Crippen molar-refractivity contribution in [2.45, 2.75) is 6.10 Å². The van der Waals surface area contributed by atoms with Crippen LogP contribution in [0.2, 0.25) is 0 Å². The molecule has 0 amide bonds. The minimum Gasteiger partial charge on any atom is -0.386 e. The predicted octanol–water partition coefficient (Wildman–Crippen LogP) is -0.255. The van der Waals surface area contributed by atoms with Gasteiger partial charge in [0.15, 0.2) is 0 Å². The van der Waals surface area contributed by atoms with Crippen molar-refractivity contribution in [1.82, 2.24) is 0 Å². The Morgan fingerprint density at radius 1 is 1.42 bits per heavy atom. The van der Waals surface area contributed by atoms with Crippen LogP contribution in [0.1, 0.15) is 0 Å². The minimum atomic E-state index is -0.207. The van der Waals surface area contributed by atoms with E-state index in [0.717, 1.165) is 22.5 Å². The monoisotopic (exact) mass is 193 g/mol. The molecule has 0 saturated carbocycles. The first kappa shape index (κ1) is 12.2. The van der Waals surface area contributed by atoms with Gasteiger partial charge in [-0.2, -0.15) is 11.8 Å². The Morgan fingerprint density at radius 2 is 2.00 bits per heavy atom. The zero-order valence-corrected chi connectivity index (χ0v) is 9.10. The van der Waals surface area contributed by atoms with E-state index in [1.54, 1.807) is 11.8 Å². The van der Waals surface area contributed by atoms with Crippen LogP contribution in [0.15, 0.2) is 0 Å². The molecule has 0 aliphatic carbocycles. The first-order valence-electron chi connectivity index (χ1n) is 4.22. The van der Waals surface area contributed by atoms with Crippen LogP contribution in [0.25, 0.3) is 0 Å². The van der Waals surface area contributed by atoms with Crippen molar-refractivity contribution in [3.8, 4) is 0 Å². The fourth-order valence-corrected chi connectivity index (χ4v) is 1.70. The lowest BCUT2D eigenvalue weighted by atomic mass is 10.3. The quantitative estimate of drug-likeness (QED) is 0.451. The van der Waals surface area contributed by atoms with Gasteiger partial charge in [0, 0.05) is 18.1 Å². The maximum Gasteiger partial charge on any atom is 0.112 e. The third-order valence-corrected chi connectivity index (χ3v) is 2.48. The summed E-state index contributed by atoms with van der Waals surface area (Å²) < 4.78 is 0.810. The fraction of sp³-hybridized carbons (Fsp3) is 1.00. The molecular weight excluding hydrogens is 172 g/mol. The largest absolute Gasteiger partial charge is 0.386 e. The number of hydrogen-bond donors (Lipinski definition) is 2. The lowest BCUT2D eigenvalue weighted by Crippen LogP contribution is -2.42. The molecule has 4 heteroatoms. The van der Waals surface area contributed by atoms with Crippen molar-refractivity contribution in [3.63, 3.8) is 0 Å². The van der Waals surface area contributed by atoms with Crippen molar-refractivity contribution < 1.29 is 9.59 Å². The van der Waals surface area contributed by atoms with Crippen LogP contribution in [-0.2, 0) is 0 Å². The van der Waals surface area contributed by atoms with Gasteiger partial charge in [0.2, 0.25) is 0 Å². The van der Waals surface area contributed by atoms with Crippen LogP contribution in [0, 0.1) is 0 Å². The third-order valence-electron chi connectivity index (χ3n) is 1.33. The topological polar surface area (TPSA) is 46.2 Å². The van der Waals surface area contributed by atoms with E-state index >= 15 is 0 Å². The second kappa shape index (κ2) is 5.80. The molecule has 12 heavy (non-hydrogen) atoms. The molecule has 0 heterocycles. The molecule has 0 spiro atoms. The van der Waals surface area contributed by atoms with Gasteiger partial charge < -0.3 is 15.3 Å². The summed E-state index contributed by atoms with van der Waals surface area (Å²) in [6.07, 6.45) is -0.207. The van der Waals surface area contributed by atoms with Crippen LogP contribution in [0.5, 0.6) is 0 Å². The van der Waals surface area contributed by atoms with Crippen molar-refractivity contribution in [3.05, 3.63) is 0 Å². The van der Waals surface area contributed by atoms with E-state index in [1.165, 1.54) is 0 Å². The number of aliphatic hydroxyl groups excluding tert-OH is 1. The Hall–Kier alpha value is 0.230. The summed E-state index contributed by atoms with van der Waals surface area (Å²) in [5.41, 5.74) is 5.34. The van der Waals surface area contributed by atoms with Crippen LogP contribution in [0.3, 0.4) is 0 Å². The zero-order valence-electron chi connectivity index (χ0n) is 8.29. The summed E-state index contributed by atoms with van der Waals surface area (Å²) in [5, 5.41) is 9.53. The van der Waals surface area contributed by atoms with Crippen molar-refractivity contribution in [1.29, 1.82) is 0 Å². The third kappa shape index (κ3) is 8.33. The Bertz CT molecular complexity index is 114. The van der Waals surface area contributed by atoms with Crippen LogP contribution < -0.4 is 5.73 Å². The minimum absolute atomic E-state index is 0.207. The number of quaternary nitrogens is 1. The van der Waals surface area contributed by atoms with Gasteiger partial charge in [-0.05, 0) is 0 Å². The second-order valence-electron chi connectivity index (χ2n) is 3.99. The highest BCUT2D eigenvalue weighted by molar-refractivity contribution is 7.99. The van der Waals surface area contributed by atoms with Crippen LogP contribution >= 0.6 is 11.8 Å². The molecule has 3 nitrogen and oxygen atoms in total. The molecular formula is C8H21N2OS+. The molecule has 74 valence electrons. The van der Waals surface area contributed by atoms with Gasteiger partial charge in [-0.1, -0.05) is 0 Å². The summed E-state index contributed by atoms with van der Waals surface area (Å²) in [4.78, 5) is 0. The van der Waals surface area contributed by atoms with Crippen molar-refractivity contribution >= 4 is 11.8 Å². The van der Waals surface area contributed by atoms with E-state index in [2.05, 4.69) is 21.1 Å². The average Bonchev–Trinajstić information content (AvgIpc) is 1.84. The van der Waals surface area contributed by atoms with Gasteiger partial charge in [-0.3, -0.25) is 0 Å². The Kier molecular flexibility index (Phi) is 5.92. The highest BCUT2D eigenvalue weighted by Gasteiger charge is 2.14. The fourth-order valence-electron chi connectivity index (χ4n) is 0.988. The number of thioether (sulfide) groups is 1. The zero-order chi connectivity index (χ0) is 9.61. The number of hydrogen-bond acceptors (Lipinski definition) is 3. The van der Waals surface area contributed by atoms with Gasteiger partial charge >= 0.3 is 0 Å². The van der Waals surface area contributed by atoms with Gasteiger partial charge in [-0.15, -0.1) is 0 Å². The van der Waals surface area contributed by atoms with E-state index in [1.807, 2.05) is 0 Å². The maximum atomic E-state index is 9.53. The van der Waals surface area contributed by atoms with Crippen LogP contribution in [0.4, 0.5) is 0 Å². The summed E-state index contributed by atoms with van der Waals surface area (Å²) >= 11 is 1.72. The molecule has 0 aromatic carbocycles. The van der Waals surface area contributed by atoms with E-state index in [-0.39, 0.29) is 6.10 Å². The molecule has 0 fully saturated rings. The normalized spacial score (nSPS) is 14.8. The molecule has 0 radical (unpaired) electrons. The Morgan fingerprint density at radius 3 is 2.42 bits per heavy atom. The van der Waals surface area contributed by atoms with Crippen LogP contribution in [-0.4, -0.2) is 61.4 Å². The number of nitrogens with two attached hydrogens (primary N) is 1. The number of likely N-dealkylation sites (N-methyl/N-ethyl adjacent to an activating group) is 1. The second-order valence-corrected chi connectivity index (χ2v) is 5.14. The first-order valence-corrected chi connectivity index (χ1v) is 5.37. The Balaban J connectivity index is 3.40. The lowest BCUT2D eigenvalue weighted by molar-refractivity contribution is -0.873. The number of aliphatic hydroxyl groups is 1. The molecule has 0 aliphatic rings. The highest BCUT2D eigenvalue weighted by atomic mass is 32.2.